The van der Waals surface area contributed by atoms with E-state index in [4.69, 9.17) is 0 Å². The van der Waals surface area contributed by atoms with Crippen molar-refractivity contribution in [1.82, 2.24) is 5.32 Å². The van der Waals surface area contributed by atoms with Crippen molar-refractivity contribution >= 4 is 15.0 Å². The Morgan fingerprint density at radius 1 is 1.06 bits per heavy atom. The topological polar surface area (TPSA) is 63.2 Å². The highest BCUT2D eigenvalue weighted by atomic mass is 32.2. The van der Waals surface area contributed by atoms with Crippen LogP contribution in [0.3, 0.4) is 0 Å². The first kappa shape index (κ1) is 15.7. The van der Waals surface area contributed by atoms with E-state index in [1.54, 1.807) is 0 Å². The van der Waals surface area contributed by atoms with Gasteiger partial charge < -0.3 is 5.32 Å². The smallest absolute Gasteiger partial charge is 0.368 e. The molecule has 1 N–H and O–H groups in total. The number of nitrogens with one attached hydrogen (secondary N) is 1. The quantitative estimate of drug-likeness (QED) is 0.789. The second-order valence-corrected chi connectivity index (χ2v) is 4.59. The van der Waals surface area contributed by atoms with Crippen LogP contribution in [-0.4, -0.2) is 31.8 Å². The molecule has 0 aromatic carbocycles. The molecule has 0 rings (SSSR count). The molecule has 0 spiro atoms. The van der Waals surface area contributed by atoms with Gasteiger partial charge in [0.05, 0.1) is 0 Å². The van der Waals surface area contributed by atoms with Crippen LogP contribution in [-0.2, 0) is 14.6 Å². The highest BCUT2D eigenvalue weighted by Gasteiger charge is 2.47. The highest BCUT2D eigenvalue weighted by molar-refractivity contribution is 8.06. The summed E-state index contributed by atoms with van der Waals surface area (Å²) in [4.78, 5) is 10.3. The standard InChI is InChI=1S/C6H5F6NO3S/c1-3(5(7,8)9)13-2-17(15,16)4(14)6(10,11)12/h13H,1-2H2. The lowest BCUT2D eigenvalue weighted by molar-refractivity contribution is -0.161. The first-order chi connectivity index (χ1) is 7.28. The minimum atomic E-state index is -5.67. The number of hydrogen-bond acceptors (Lipinski definition) is 4. The summed E-state index contributed by atoms with van der Waals surface area (Å²) >= 11 is 0. The average Bonchev–Trinajstić information content (AvgIpc) is 2.10. The van der Waals surface area contributed by atoms with E-state index < -0.39 is 38.9 Å². The molecule has 0 bridgehead atoms. The molecule has 0 unspecified atom stereocenters. The maximum absolute atomic E-state index is 11.8. The number of carbonyl (C=O) groups excluding carboxylic acids is 1. The van der Waals surface area contributed by atoms with Gasteiger partial charge >= 0.3 is 17.5 Å². The predicted molar refractivity (Wildman–Crippen MR) is 43.2 cm³/mol. The van der Waals surface area contributed by atoms with Gasteiger partial charge in [-0.15, -0.1) is 0 Å². The number of hydrogen-bond donors (Lipinski definition) is 1. The molecule has 4 nitrogen and oxygen atoms in total. The van der Waals surface area contributed by atoms with Crippen molar-refractivity contribution < 1.29 is 39.6 Å². The van der Waals surface area contributed by atoms with E-state index in [-0.39, 0.29) is 0 Å². The Morgan fingerprint density at radius 3 is 1.76 bits per heavy atom. The fraction of sp³-hybridized carbons (Fsp3) is 0.500. The molecule has 17 heavy (non-hydrogen) atoms. The molecular weight excluding hydrogens is 280 g/mol. The van der Waals surface area contributed by atoms with Crippen LogP contribution >= 0.6 is 0 Å². The van der Waals surface area contributed by atoms with Gasteiger partial charge in [0.25, 0.3) is 0 Å². The van der Waals surface area contributed by atoms with Crippen LogP contribution in [0.4, 0.5) is 26.3 Å². The zero-order valence-electron chi connectivity index (χ0n) is 7.81. The third kappa shape index (κ3) is 4.63. The first-order valence-electron chi connectivity index (χ1n) is 3.62. The summed E-state index contributed by atoms with van der Waals surface area (Å²) in [6.07, 6.45) is -10.7. The van der Waals surface area contributed by atoms with Gasteiger partial charge in [-0.05, 0) is 0 Å². The van der Waals surface area contributed by atoms with E-state index in [0.29, 0.717) is 0 Å². The third-order valence-corrected chi connectivity index (χ3v) is 2.65. The van der Waals surface area contributed by atoms with E-state index in [1.165, 1.54) is 0 Å². The van der Waals surface area contributed by atoms with Crippen LogP contribution in [0.2, 0.25) is 0 Å². The number of allylic oxidation sites excluding steroid dienone is 1. The third-order valence-electron chi connectivity index (χ3n) is 1.33. The second kappa shape index (κ2) is 4.55. The van der Waals surface area contributed by atoms with E-state index in [9.17, 15) is 39.6 Å². The molecule has 0 saturated heterocycles. The first-order valence-corrected chi connectivity index (χ1v) is 5.27. The summed E-state index contributed by atoms with van der Waals surface area (Å²) in [5, 5.41) is -2.03. The van der Waals surface area contributed by atoms with Crippen LogP contribution in [0.25, 0.3) is 0 Å². The van der Waals surface area contributed by atoms with Gasteiger partial charge in [-0.1, -0.05) is 6.58 Å². The predicted octanol–water partition coefficient (Wildman–Crippen LogP) is 1.11. The number of rotatable bonds is 3. The number of halogens is 6. The Morgan fingerprint density at radius 2 is 1.47 bits per heavy atom. The normalized spacial score (nSPS) is 13.3. The number of alkyl halides is 6. The zero-order chi connectivity index (χ0) is 14.1. The van der Waals surface area contributed by atoms with Crippen molar-refractivity contribution in [2.24, 2.45) is 0 Å². The molecule has 0 aliphatic carbocycles. The molecule has 0 aromatic heterocycles. The fourth-order valence-electron chi connectivity index (χ4n) is 0.524. The average molecular weight is 285 g/mol. The van der Waals surface area contributed by atoms with Crippen LogP contribution in [0.5, 0.6) is 0 Å². The van der Waals surface area contributed by atoms with Gasteiger partial charge in [0.2, 0.25) is 9.84 Å². The summed E-state index contributed by atoms with van der Waals surface area (Å²) in [7, 11) is -5.41. The molecule has 0 aliphatic heterocycles. The largest absolute Gasteiger partial charge is 0.466 e. The van der Waals surface area contributed by atoms with Crippen LogP contribution in [0.1, 0.15) is 0 Å². The van der Waals surface area contributed by atoms with E-state index in [1.807, 2.05) is 0 Å². The highest BCUT2D eigenvalue weighted by Crippen LogP contribution is 2.23. The molecular formula is C6H5F6NO3S. The minimum absolute atomic E-state index is 1.09. The van der Waals surface area contributed by atoms with Gasteiger partial charge in [-0.25, -0.2) is 8.42 Å². The van der Waals surface area contributed by atoms with E-state index >= 15 is 0 Å². The Hall–Kier alpha value is -1.26. The Kier molecular flexibility index (Phi) is 4.21. The van der Waals surface area contributed by atoms with Crippen molar-refractivity contribution in [2.45, 2.75) is 12.4 Å². The van der Waals surface area contributed by atoms with Crippen molar-refractivity contribution in [3.63, 3.8) is 0 Å². The monoisotopic (exact) mass is 285 g/mol. The molecule has 0 radical (unpaired) electrons. The Balaban J connectivity index is 4.72. The number of carbonyl (C=O) groups is 1. The van der Waals surface area contributed by atoms with Crippen molar-refractivity contribution in [1.29, 1.82) is 0 Å². The molecule has 0 fully saturated rings. The SMILES string of the molecule is C=C(NCS(=O)(=O)C(=O)C(F)(F)F)C(F)(F)F. The van der Waals surface area contributed by atoms with Gasteiger partial charge in [-0.3, -0.25) is 4.79 Å². The van der Waals surface area contributed by atoms with Gasteiger partial charge in [-0.2, -0.15) is 26.3 Å². The summed E-state index contributed by atoms with van der Waals surface area (Å²) in [5.74, 6) is -1.83. The van der Waals surface area contributed by atoms with Crippen LogP contribution in [0.15, 0.2) is 12.3 Å². The van der Waals surface area contributed by atoms with Crippen molar-refractivity contribution in [3.05, 3.63) is 12.3 Å². The van der Waals surface area contributed by atoms with E-state index in [2.05, 4.69) is 6.58 Å². The molecule has 0 atom stereocenters. The van der Waals surface area contributed by atoms with Gasteiger partial charge in [0.15, 0.2) is 0 Å². The van der Waals surface area contributed by atoms with Crippen molar-refractivity contribution in [2.75, 3.05) is 5.88 Å². The Bertz CT molecular complexity index is 420. The summed E-state index contributed by atoms with van der Waals surface area (Å²) in [6, 6.07) is 0. The number of sulfone groups is 1. The summed E-state index contributed by atoms with van der Waals surface area (Å²) < 4.78 is 91.8. The zero-order valence-corrected chi connectivity index (χ0v) is 8.63. The lowest BCUT2D eigenvalue weighted by Crippen LogP contribution is -2.38. The lowest BCUT2D eigenvalue weighted by atomic mass is 10.5. The summed E-state index contributed by atoms with van der Waals surface area (Å²) in [5.41, 5.74) is -1.77. The van der Waals surface area contributed by atoms with Gasteiger partial charge in [0, 0.05) is 0 Å². The molecule has 100 valence electrons. The minimum Gasteiger partial charge on any atom is -0.368 e. The molecule has 0 aliphatic rings. The van der Waals surface area contributed by atoms with Crippen LogP contribution in [0, 0.1) is 0 Å². The Labute approximate surface area is 91.2 Å². The lowest BCUT2D eigenvalue weighted by Gasteiger charge is -2.12. The van der Waals surface area contributed by atoms with Crippen molar-refractivity contribution in [3.8, 4) is 0 Å². The maximum Gasteiger partial charge on any atom is 0.466 e. The van der Waals surface area contributed by atoms with Crippen LogP contribution < -0.4 is 5.32 Å². The molecule has 0 aromatic rings. The fourth-order valence-corrected chi connectivity index (χ4v) is 1.37. The molecule has 11 heteroatoms. The molecule has 0 heterocycles. The molecule has 0 amide bonds. The van der Waals surface area contributed by atoms with Gasteiger partial charge in [0.1, 0.15) is 11.6 Å². The summed E-state index contributed by atoms with van der Waals surface area (Å²) in [6.45, 7) is 2.36. The van der Waals surface area contributed by atoms with E-state index in [0.717, 1.165) is 5.32 Å². The second-order valence-electron chi connectivity index (χ2n) is 2.70. The maximum atomic E-state index is 11.8. The molecule has 0 saturated carbocycles.